The quantitative estimate of drug-likeness (QED) is 0.0233. The van der Waals surface area contributed by atoms with Gasteiger partial charge < -0.3 is 45.4 Å². The van der Waals surface area contributed by atoms with Crippen LogP contribution < -0.4 is 5.32 Å². The third kappa shape index (κ3) is 31.5. The highest BCUT2D eigenvalue weighted by Gasteiger charge is 2.44. The minimum Gasteiger partial charge on any atom is -0.394 e. The van der Waals surface area contributed by atoms with Crippen molar-refractivity contribution >= 4 is 5.91 Å². The average Bonchev–Trinajstić information content (AvgIpc) is 3.27. The molecular weight excluding hydrogens is 783 g/mol. The second-order valence-electron chi connectivity index (χ2n) is 18.5. The molecule has 0 radical (unpaired) electrons. The van der Waals surface area contributed by atoms with Crippen molar-refractivity contribution in [3.8, 4) is 0 Å². The van der Waals surface area contributed by atoms with Gasteiger partial charge in [-0.3, -0.25) is 4.79 Å². The van der Waals surface area contributed by atoms with Gasteiger partial charge in [0.25, 0.3) is 0 Å². The maximum atomic E-state index is 13.1. The summed E-state index contributed by atoms with van der Waals surface area (Å²) in [6.07, 6.45) is 41.3. The zero-order valence-electron chi connectivity index (χ0n) is 40.0. The van der Waals surface area contributed by atoms with Crippen LogP contribution in [0.2, 0.25) is 0 Å². The third-order valence-electron chi connectivity index (χ3n) is 12.6. The van der Waals surface area contributed by atoms with Gasteiger partial charge in [0.15, 0.2) is 6.29 Å². The van der Waals surface area contributed by atoms with Crippen molar-refractivity contribution in [2.75, 3.05) is 13.2 Å². The molecule has 7 N–H and O–H groups in total. The highest BCUT2D eigenvalue weighted by molar-refractivity contribution is 5.80. The summed E-state index contributed by atoms with van der Waals surface area (Å²) < 4.78 is 11.2. The topological polar surface area (TPSA) is 169 Å². The molecule has 8 unspecified atom stereocenters. The molecule has 1 fully saturated rings. The zero-order valence-corrected chi connectivity index (χ0v) is 40.0. The molecule has 0 aromatic heterocycles. The predicted molar refractivity (Wildman–Crippen MR) is 255 cm³/mol. The van der Waals surface area contributed by atoms with Crippen LogP contribution in [-0.2, 0) is 14.3 Å². The Bertz CT molecular complexity index is 1040. The predicted octanol–water partition coefficient (Wildman–Crippen LogP) is 10.8. The van der Waals surface area contributed by atoms with E-state index < -0.39 is 61.5 Å². The molecule has 1 saturated heterocycles. The number of aliphatic hydroxyl groups is 6. The minimum atomic E-state index is -1.61. The second kappa shape index (κ2) is 42.3. The van der Waals surface area contributed by atoms with Gasteiger partial charge in [-0.05, 0) is 32.1 Å². The Kier molecular flexibility index (Phi) is 40.0. The van der Waals surface area contributed by atoms with E-state index in [4.69, 9.17) is 9.47 Å². The molecule has 10 heteroatoms. The first kappa shape index (κ1) is 58.6. The van der Waals surface area contributed by atoms with Crippen molar-refractivity contribution in [3.63, 3.8) is 0 Å². The fraction of sp³-hybridized carbons (Fsp3) is 0.904. The molecule has 10 nitrogen and oxygen atoms in total. The summed E-state index contributed by atoms with van der Waals surface area (Å²) in [5, 5.41) is 64.8. The summed E-state index contributed by atoms with van der Waals surface area (Å²) in [4.78, 5) is 13.1. The summed E-state index contributed by atoms with van der Waals surface area (Å²) in [5.74, 6) is -0.622. The maximum Gasteiger partial charge on any atom is 0.249 e. The second-order valence-corrected chi connectivity index (χ2v) is 18.5. The lowest BCUT2D eigenvalue weighted by Crippen LogP contribution is -2.60. The molecule has 1 amide bonds. The first-order valence-corrected chi connectivity index (χ1v) is 26.2. The van der Waals surface area contributed by atoms with Crippen LogP contribution in [0.4, 0.5) is 0 Å². The molecule has 1 aliphatic rings. The Morgan fingerprint density at radius 1 is 0.548 bits per heavy atom. The molecule has 366 valence electrons. The Balaban J connectivity index is 2.35. The number of aliphatic hydroxyl groups excluding tert-OH is 6. The SMILES string of the molecule is CCCCCCCCCCCCC/C=C/CC/C=C/C(O)C(COC1OC(CO)C(O)C(O)C1O)NC(=O)C(O)CCCCCCCCCCCCCCCCCCCCCC. The maximum absolute atomic E-state index is 13.1. The molecule has 0 aromatic rings. The van der Waals surface area contributed by atoms with Gasteiger partial charge in [-0.2, -0.15) is 0 Å². The number of unbranched alkanes of at least 4 members (excludes halogenated alkanes) is 31. The van der Waals surface area contributed by atoms with Gasteiger partial charge >= 0.3 is 0 Å². The number of amides is 1. The van der Waals surface area contributed by atoms with Crippen LogP contribution in [0.25, 0.3) is 0 Å². The van der Waals surface area contributed by atoms with E-state index in [-0.39, 0.29) is 6.61 Å². The third-order valence-corrected chi connectivity index (χ3v) is 12.6. The summed E-state index contributed by atoms with van der Waals surface area (Å²) >= 11 is 0. The molecule has 0 bridgehead atoms. The lowest BCUT2D eigenvalue weighted by atomic mass is 9.99. The summed E-state index contributed by atoms with van der Waals surface area (Å²) in [5.41, 5.74) is 0. The summed E-state index contributed by atoms with van der Waals surface area (Å²) in [7, 11) is 0. The van der Waals surface area contributed by atoms with Gasteiger partial charge in [0.05, 0.1) is 25.4 Å². The zero-order chi connectivity index (χ0) is 45.3. The number of hydrogen-bond acceptors (Lipinski definition) is 9. The van der Waals surface area contributed by atoms with Crippen LogP contribution in [0.1, 0.15) is 239 Å². The molecular formula is C52H99NO9. The summed E-state index contributed by atoms with van der Waals surface area (Å²) in [6, 6.07) is -0.993. The van der Waals surface area contributed by atoms with Crippen molar-refractivity contribution in [2.24, 2.45) is 0 Å². The molecule has 8 atom stereocenters. The molecule has 62 heavy (non-hydrogen) atoms. The van der Waals surface area contributed by atoms with Crippen LogP contribution >= 0.6 is 0 Å². The van der Waals surface area contributed by atoms with Gasteiger partial charge in [0.2, 0.25) is 5.91 Å². The largest absolute Gasteiger partial charge is 0.394 e. The highest BCUT2D eigenvalue weighted by Crippen LogP contribution is 2.23. The average molecular weight is 882 g/mol. The first-order valence-electron chi connectivity index (χ1n) is 26.2. The molecule has 1 aliphatic heterocycles. The standard InChI is InChI=1S/C52H99NO9/c1-3-5-7-9-11-13-15-17-19-21-22-23-25-27-29-31-33-35-37-39-41-46(56)51(60)53-44(43-61-52-50(59)49(58)48(57)47(42-54)62-52)45(55)40-38-36-34-32-30-28-26-24-20-18-16-14-12-10-8-6-4-2/h30,32,38,40,44-50,52,54-59H,3-29,31,33-37,39,41-43H2,1-2H3,(H,53,60)/b32-30+,40-38+. The van der Waals surface area contributed by atoms with Gasteiger partial charge in [0, 0.05) is 0 Å². The van der Waals surface area contributed by atoms with Gasteiger partial charge in [-0.25, -0.2) is 0 Å². The van der Waals surface area contributed by atoms with E-state index in [0.29, 0.717) is 19.3 Å². The van der Waals surface area contributed by atoms with Crippen LogP contribution in [0.5, 0.6) is 0 Å². The van der Waals surface area contributed by atoms with Crippen molar-refractivity contribution in [3.05, 3.63) is 24.3 Å². The minimum absolute atomic E-state index is 0.308. The normalized spacial score (nSPS) is 20.9. The van der Waals surface area contributed by atoms with Crippen LogP contribution in [0.15, 0.2) is 24.3 Å². The van der Waals surface area contributed by atoms with E-state index in [0.717, 1.165) is 32.1 Å². The fourth-order valence-electron chi connectivity index (χ4n) is 8.36. The number of allylic oxidation sites excluding steroid dienone is 3. The molecule has 0 aliphatic carbocycles. The Morgan fingerprint density at radius 2 is 0.952 bits per heavy atom. The van der Waals surface area contributed by atoms with E-state index in [1.807, 2.05) is 6.08 Å². The lowest BCUT2D eigenvalue weighted by molar-refractivity contribution is -0.302. The number of ether oxygens (including phenoxy) is 2. The van der Waals surface area contributed by atoms with Crippen LogP contribution in [0, 0.1) is 0 Å². The van der Waals surface area contributed by atoms with E-state index in [1.165, 1.54) is 173 Å². The lowest BCUT2D eigenvalue weighted by Gasteiger charge is -2.40. The van der Waals surface area contributed by atoms with Gasteiger partial charge in [0.1, 0.15) is 30.5 Å². The first-order chi connectivity index (χ1) is 30.3. The number of carbonyl (C=O) groups excluding carboxylic acids is 1. The summed E-state index contributed by atoms with van der Waals surface area (Å²) in [6.45, 7) is 3.62. The van der Waals surface area contributed by atoms with Crippen LogP contribution in [-0.4, -0.2) is 98.7 Å². The van der Waals surface area contributed by atoms with Crippen LogP contribution in [0.3, 0.4) is 0 Å². The Morgan fingerprint density at radius 3 is 1.40 bits per heavy atom. The van der Waals surface area contributed by atoms with E-state index in [1.54, 1.807) is 6.08 Å². The molecule has 0 spiro atoms. The van der Waals surface area contributed by atoms with Crippen molar-refractivity contribution in [1.82, 2.24) is 5.32 Å². The smallest absolute Gasteiger partial charge is 0.249 e. The van der Waals surface area contributed by atoms with E-state index in [9.17, 15) is 35.4 Å². The van der Waals surface area contributed by atoms with E-state index in [2.05, 4.69) is 31.3 Å². The fourth-order valence-corrected chi connectivity index (χ4v) is 8.36. The highest BCUT2D eigenvalue weighted by atomic mass is 16.7. The molecule has 0 aromatic carbocycles. The number of rotatable bonds is 44. The molecule has 0 saturated carbocycles. The Labute approximate surface area is 380 Å². The van der Waals surface area contributed by atoms with E-state index >= 15 is 0 Å². The number of hydrogen-bond donors (Lipinski definition) is 7. The van der Waals surface area contributed by atoms with Crippen molar-refractivity contribution in [2.45, 2.75) is 288 Å². The van der Waals surface area contributed by atoms with Gasteiger partial charge in [-0.1, -0.05) is 231 Å². The number of carbonyl (C=O) groups is 1. The molecule has 1 rings (SSSR count). The van der Waals surface area contributed by atoms with Crippen molar-refractivity contribution in [1.29, 1.82) is 0 Å². The van der Waals surface area contributed by atoms with Gasteiger partial charge in [-0.15, -0.1) is 0 Å². The molecule has 1 heterocycles. The Hall–Kier alpha value is -1.37. The number of nitrogens with one attached hydrogen (secondary N) is 1. The van der Waals surface area contributed by atoms with Crippen molar-refractivity contribution < 1.29 is 44.9 Å². The monoisotopic (exact) mass is 882 g/mol.